The quantitative estimate of drug-likeness (QED) is 0.624. The first-order valence-corrected chi connectivity index (χ1v) is 11.1. The van der Waals surface area contributed by atoms with Crippen LogP contribution in [-0.4, -0.2) is 22.7 Å². The maximum absolute atomic E-state index is 12.8. The van der Waals surface area contributed by atoms with Crippen LogP contribution in [0, 0.1) is 0 Å². The average molecular weight is 448 g/mol. The van der Waals surface area contributed by atoms with Gasteiger partial charge in [-0.15, -0.1) is 0 Å². The van der Waals surface area contributed by atoms with Gasteiger partial charge in [0, 0.05) is 28.3 Å². The number of hydrogen-bond donors (Lipinski definition) is 2. The minimum Gasteiger partial charge on any atom is -0.488 e. The van der Waals surface area contributed by atoms with Crippen molar-refractivity contribution in [1.82, 2.24) is 10.2 Å². The van der Waals surface area contributed by atoms with Gasteiger partial charge in [0.25, 0.3) is 11.5 Å². The lowest BCUT2D eigenvalue weighted by atomic mass is 9.90. The summed E-state index contributed by atoms with van der Waals surface area (Å²) < 4.78 is 5.69. The molecule has 1 aliphatic carbocycles. The molecule has 2 heterocycles. The van der Waals surface area contributed by atoms with E-state index >= 15 is 0 Å². The fraction of sp³-hybridized carbons (Fsp3) is 0.240. The highest BCUT2D eigenvalue weighted by molar-refractivity contribution is 6.30. The Morgan fingerprint density at radius 3 is 2.84 bits per heavy atom. The molecule has 3 aromatic rings. The number of ether oxygens (including phenoxy) is 1. The normalized spacial score (nSPS) is 14.6. The SMILES string of the molecule is O=C(Nc1cccc(Cc2n[nH]c(=O)c3c2CCCC3)c1)C1=Cc2cc(Cl)ccc2OC1. The first-order valence-electron chi connectivity index (χ1n) is 10.7. The summed E-state index contributed by atoms with van der Waals surface area (Å²) in [5, 5.41) is 10.5. The predicted octanol–water partition coefficient (Wildman–Crippen LogP) is 4.31. The van der Waals surface area contributed by atoms with Gasteiger partial charge in [-0.05, 0) is 73.2 Å². The zero-order valence-electron chi connectivity index (χ0n) is 17.4. The highest BCUT2D eigenvalue weighted by Gasteiger charge is 2.19. The van der Waals surface area contributed by atoms with Gasteiger partial charge in [0.2, 0.25) is 0 Å². The lowest BCUT2D eigenvalue weighted by Crippen LogP contribution is -2.23. The van der Waals surface area contributed by atoms with Gasteiger partial charge in [0.05, 0.1) is 11.3 Å². The van der Waals surface area contributed by atoms with Crippen LogP contribution in [0.15, 0.2) is 52.8 Å². The predicted molar refractivity (Wildman–Crippen MR) is 124 cm³/mol. The summed E-state index contributed by atoms with van der Waals surface area (Å²) in [7, 11) is 0. The molecule has 0 fully saturated rings. The Morgan fingerprint density at radius 1 is 1.12 bits per heavy atom. The third-order valence-electron chi connectivity index (χ3n) is 5.92. The fourth-order valence-electron chi connectivity index (χ4n) is 4.32. The Morgan fingerprint density at radius 2 is 1.97 bits per heavy atom. The van der Waals surface area contributed by atoms with Crippen LogP contribution in [0.3, 0.4) is 0 Å². The summed E-state index contributed by atoms with van der Waals surface area (Å²) in [5.41, 5.74) is 5.81. The number of H-pyrrole nitrogens is 1. The first kappa shape index (κ1) is 20.5. The molecular weight excluding hydrogens is 426 g/mol. The number of rotatable bonds is 4. The summed E-state index contributed by atoms with van der Waals surface area (Å²) in [5.74, 6) is 0.497. The minimum absolute atomic E-state index is 0.0738. The summed E-state index contributed by atoms with van der Waals surface area (Å²) >= 11 is 6.06. The number of nitrogens with zero attached hydrogens (tertiary/aromatic N) is 1. The molecule has 2 aromatic carbocycles. The highest BCUT2D eigenvalue weighted by Crippen LogP contribution is 2.29. The van der Waals surface area contributed by atoms with Crippen molar-refractivity contribution in [3.05, 3.63) is 91.4 Å². The van der Waals surface area contributed by atoms with Gasteiger partial charge in [-0.2, -0.15) is 5.10 Å². The van der Waals surface area contributed by atoms with E-state index in [2.05, 4.69) is 15.5 Å². The van der Waals surface area contributed by atoms with E-state index in [1.807, 2.05) is 24.3 Å². The smallest absolute Gasteiger partial charge is 0.267 e. The van der Waals surface area contributed by atoms with Gasteiger partial charge in [-0.25, -0.2) is 5.10 Å². The van der Waals surface area contributed by atoms with Crippen LogP contribution in [0.4, 0.5) is 5.69 Å². The molecule has 0 saturated carbocycles. The zero-order chi connectivity index (χ0) is 22.1. The lowest BCUT2D eigenvalue weighted by Gasteiger charge is -2.18. The van der Waals surface area contributed by atoms with E-state index in [0.717, 1.165) is 53.6 Å². The molecule has 32 heavy (non-hydrogen) atoms. The molecule has 1 amide bonds. The van der Waals surface area contributed by atoms with Gasteiger partial charge >= 0.3 is 0 Å². The Kier molecular flexibility index (Phi) is 5.53. The highest BCUT2D eigenvalue weighted by atomic mass is 35.5. The fourth-order valence-corrected chi connectivity index (χ4v) is 4.50. The lowest BCUT2D eigenvalue weighted by molar-refractivity contribution is -0.113. The van der Waals surface area contributed by atoms with Gasteiger partial charge in [-0.1, -0.05) is 23.7 Å². The molecule has 1 aliphatic heterocycles. The number of carbonyl (C=O) groups excluding carboxylic acids is 1. The number of nitrogens with one attached hydrogen (secondary N) is 2. The molecule has 2 aliphatic rings. The number of carbonyl (C=O) groups is 1. The van der Waals surface area contributed by atoms with Crippen LogP contribution in [-0.2, 0) is 24.1 Å². The van der Waals surface area contributed by atoms with Crippen LogP contribution >= 0.6 is 11.6 Å². The molecule has 162 valence electrons. The molecule has 0 unspecified atom stereocenters. The first-order chi connectivity index (χ1) is 15.6. The number of aromatic nitrogens is 2. The molecule has 0 saturated heterocycles. The zero-order valence-corrected chi connectivity index (χ0v) is 18.2. The standard InChI is InChI=1S/C25H22ClN3O3/c26-18-8-9-23-16(13-18)12-17(14-32-23)24(30)27-19-5-3-4-15(10-19)11-22-20-6-1-2-7-21(20)25(31)29-28-22/h3-5,8-10,12-13H,1-2,6-7,11,14H2,(H,27,30)(H,29,31). The Labute approximate surface area is 190 Å². The van der Waals surface area contributed by atoms with E-state index in [-0.39, 0.29) is 18.1 Å². The van der Waals surface area contributed by atoms with Crippen molar-refractivity contribution in [2.24, 2.45) is 0 Å². The third-order valence-corrected chi connectivity index (χ3v) is 6.15. The number of amides is 1. The Hall–Kier alpha value is -3.38. The number of hydrogen-bond acceptors (Lipinski definition) is 4. The van der Waals surface area contributed by atoms with Crippen LogP contribution in [0.2, 0.25) is 5.02 Å². The van der Waals surface area contributed by atoms with Crippen molar-refractivity contribution in [3.63, 3.8) is 0 Å². The van der Waals surface area contributed by atoms with Crippen molar-refractivity contribution >= 4 is 29.3 Å². The van der Waals surface area contributed by atoms with Gasteiger partial charge in [-0.3, -0.25) is 9.59 Å². The van der Waals surface area contributed by atoms with Crippen molar-refractivity contribution in [2.75, 3.05) is 11.9 Å². The summed E-state index contributed by atoms with van der Waals surface area (Å²) in [4.78, 5) is 24.9. The Balaban J connectivity index is 1.34. The second kappa shape index (κ2) is 8.63. The van der Waals surface area contributed by atoms with Crippen molar-refractivity contribution in [1.29, 1.82) is 0 Å². The third kappa shape index (κ3) is 4.18. The van der Waals surface area contributed by atoms with Gasteiger partial charge < -0.3 is 10.1 Å². The van der Waals surface area contributed by atoms with Crippen LogP contribution < -0.4 is 15.6 Å². The van der Waals surface area contributed by atoms with E-state index in [0.29, 0.717) is 28.5 Å². The minimum atomic E-state index is -0.215. The van der Waals surface area contributed by atoms with Gasteiger partial charge in [0.1, 0.15) is 12.4 Å². The Bertz CT molecular complexity index is 1300. The maximum atomic E-state index is 12.8. The van der Waals surface area contributed by atoms with Crippen molar-refractivity contribution in [2.45, 2.75) is 32.1 Å². The monoisotopic (exact) mass is 447 g/mol. The maximum Gasteiger partial charge on any atom is 0.267 e. The molecule has 0 bridgehead atoms. The van der Waals surface area contributed by atoms with E-state index in [1.54, 1.807) is 24.3 Å². The summed E-state index contributed by atoms with van der Waals surface area (Å²) in [6, 6.07) is 13.0. The second-order valence-corrected chi connectivity index (χ2v) is 8.57. The van der Waals surface area contributed by atoms with Crippen LogP contribution in [0.25, 0.3) is 6.08 Å². The molecule has 0 spiro atoms. The largest absolute Gasteiger partial charge is 0.488 e. The number of aromatic amines is 1. The van der Waals surface area contributed by atoms with E-state index in [1.165, 1.54) is 0 Å². The number of fused-ring (bicyclic) bond motifs is 2. The molecule has 6 nitrogen and oxygen atoms in total. The molecule has 7 heteroatoms. The topological polar surface area (TPSA) is 84.1 Å². The number of anilines is 1. The molecule has 0 radical (unpaired) electrons. The number of benzene rings is 2. The molecule has 0 atom stereocenters. The molecule has 2 N–H and O–H groups in total. The molecular formula is C25H22ClN3O3. The van der Waals surface area contributed by atoms with E-state index in [9.17, 15) is 9.59 Å². The summed E-state index contributed by atoms with van der Waals surface area (Å²) in [6.07, 6.45) is 6.21. The summed E-state index contributed by atoms with van der Waals surface area (Å²) in [6.45, 7) is 0.202. The van der Waals surface area contributed by atoms with Gasteiger partial charge in [0.15, 0.2) is 0 Å². The molecule has 5 rings (SSSR count). The van der Waals surface area contributed by atoms with E-state index < -0.39 is 0 Å². The van der Waals surface area contributed by atoms with Crippen molar-refractivity contribution < 1.29 is 9.53 Å². The second-order valence-electron chi connectivity index (χ2n) is 8.14. The average Bonchev–Trinajstić information content (AvgIpc) is 2.81. The number of halogens is 1. The van der Waals surface area contributed by atoms with Crippen molar-refractivity contribution in [3.8, 4) is 5.75 Å². The van der Waals surface area contributed by atoms with E-state index in [4.69, 9.17) is 16.3 Å². The van der Waals surface area contributed by atoms with Crippen LogP contribution in [0.5, 0.6) is 5.75 Å². The molecule has 1 aromatic heterocycles. The van der Waals surface area contributed by atoms with Crippen LogP contribution in [0.1, 0.15) is 40.8 Å².